The van der Waals surface area contributed by atoms with E-state index in [0.29, 0.717) is 19.4 Å². The van der Waals surface area contributed by atoms with Crippen LogP contribution in [0.25, 0.3) is 0 Å². The molecule has 0 saturated carbocycles. The molecule has 1 atom stereocenters. The molecule has 1 unspecified atom stereocenters. The maximum absolute atomic E-state index is 12.1. The van der Waals surface area contributed by atoms with Crippen molar-refractivity contribution in [1.29, 1.82) is 0 Å². The van der Waals surface area contributed by atoms with Gasteiger partial charge in [0.25, 0.3) is 0 Å². The minimum Gasteiger partial charge on any atom is -0.385 e. The van der Waals surface area contributed by atoms with Crippen LogP contribution in [0.15, 0.2) is 28.7 Å². The van der Waals surface area contributed by atoms with Gasteiger partial charge < -0.3 is 10.2 Å². The third-order valence-corrected chi connectivity index (χ3v) is 5.94. The van der Waals surface area contributed by atoms with E-state index in [9.17, 15) is 13.2 Å². The third-order valence-electron chi connectivity index (χ3n) is 3.66. The van der Waals surface area contributed by atoms with Crippen molar-refractivity contribution in [3.63, 3.8) is 0 Å². The predicted molar refractivity (Wildman–Crippen MR) is 87.1 cm³/mol. The van der Waals surface area contributed by atoms with E-state index >= 15 is 0 Å². The zero-order valence-corrected chi connectivity index (χ0v) is 14.3. The van der Waals surface area contributed by atoms with Gasteiger partial charge in [0.2, 0.25) is 5.91 Å². The molecule has 1 N–H and O–H groups in total. The van der Waals surface area contributed by atoms with E-state index in [0.717, 1.165) is 10.2 Å². The molecule has 1 aliphatic rings. The number of hydrogen-bond donors (Lipinski definition) is 1. The van der Waals surface area contributed by atoms with Gasteiger partial charge in [-0.25, -0.2) is 8.42 Å². The highest BCUT2D eigenvalue weighted by Gasteiger charge is 2.32. The second kappa shape index (κ2) is 6.79. The molecule has 1 aliphatic heterocycles. The van der Waals surface area contributed by atoms with Gasteiger partial charge in [0.05, 0.1) is 11.5 Å². The number of hydrogen-bond acceptors (Lipinski definition) is 4. The maximum Gasteiger partial charge on any atom is 0.224 e. The first kappa shape index (κ1) is 16.3. The molecular weight excluding hydrogens is 356 g/mol. The number of sulfone groups is 1. The van der Waals surface area contributed by atoms with Crippen LogP contribution in [0, 0.1) is 0 Å². The molecular formula is C14H19BrN2O3S. The summed E-state index contributed by atoms with van der Waals surface area (Å²) in [6.07, 6.45) is 0.897. The van der Waals surface area contributed by atoms with Crippen molar-refractivity contribution in [3.8, 4) is 0 Å². The van der Waals surface area contributed by atoms with E-state index in [1.165, 1.54) is 0 Å². The minimum atomic E-state index is -2.96. The summed E-state index contributed by atoms with van der Waals surface area (Å²) in [6, 6.07) is 7.55. The SMILES string of the molecule is CN(C(=O)CCNc1ccc(Br)cc1)C1CCS(=O)(=O)C1. The predicted octanol–water partition coefficient (Wildman–Crippen LogP) is 1.90. The van der Waals surface area contributed by atoms with Gasteiger partial charge in [-0.05, 0) is 30.7 Å². The van der Waals surface area contributed by atoms with Crippen LogP contribution in [0.5, 0.6) is 0 Å². The van der Waals surface area contributed by atoms with E-state index < -0.39 is 9.84 Å². The molecule has 116 valence electrons. The van der Waals surface area contributed by atoms with Crippen molar-refractivity contribution in [2.45, 2.75) is 18.9 Å². The molecule has 7 heteroatoms. The monoisotopic (exact) mass is 374 g/mol. The summed E-state index contributed by atoms with van der Waals surface area (Å²) in [7, 11) is -1.27. The smallest absolute Gasteiger partial charge is 0.224 e. The molecule has 1 amide bonds. The van der Waals surface area contributed by atoms with Crippen molar-refractivity contribution >= 4 is 37.4 Å². The highest BCUT2D eigenvalue weighted by atomic mass is 79.9. The average Bonchev–Trinajstić information content (AvgIpc) is 2.80. The highest BCUT2D eigenvalue weighted by molar-refractivity contribution is 9.10. The zero-order chi connectivity index (χ0) is 15.5. The summed E-state index contributed by atoms with van der Waals surface area (Å²) in [5, 5.41) is 3.18. The third kappa shape index (κ3) is 4.71. The lowest BCUT2D eigenvalue weighted by molar-refractivity contribution is -0.131. The van der Waals surface area contributed by atoms with Crippen LogP contribution in [-0.4, -0.2) is 50.4 Å². The van der Waals surface area contributed by atoms with Crippen LogP contribution in [0.4, 0.5) is 5.69 Å². The van der Waals surface area contributed by atoms with Crippen LogP contribution in [-0.2, 0) is 14.6 Å². The van der Waals surface area contributed by atoms with Gasteiger partial charge in [-0.2, -0.15) is 0 Å². The van der Waals surface area contributed by atoms with Gasteiger partial charge in [-0.1, -0.05) is 15.9 Å². The van der Waals surface area contributed by atoms with E-state index in [-0.39, 0.29) is 23.5 Å². The topological polar surface area (TPSA) is 66.5 Å². The van der Waals surface area contributed by atoms with Crippen molar-refractivity contribution in [1.82, 2.24) is 4.90 Å². The van der Waals surface area contributed by atoms with Crippen molar-refractivity contribution in [2.75, 3.05) is 30.4 Å². The van der Waals surface area contributed by atoms with Crippen molar-refractivity contribution in [3.05, 3.63) is 28.7 Å². The zero-order valence-electron chi connectivity index (χ0n) is 11.9. The van der Waals surface area contributed by atoms with Crippen LogP contribution < -0.4 is 5.32 Å². The Morgan fingerprint density at radius 2 is 2.05 bits per heavy atom. The molecule has 1 heterocycles. The van der Waals surface area contributed by atoms with Crippen LogP contribution >= 0.6 is 15.9 Å². The van der Waals surface area contributed by atoms with Crippen LogP contribution in [0.3, 0.4) is 0 Å². The van der Waals surface area contributed by atoms with Gasteiger partial charge in [0.15, 0.2) is 9.84 Å². The molecule has 1 aromatic carbocycles. The summed E-state index contributed by atoms with van der Waals surface area (Å²) in [4.78, 5) is 13.6. The Morgan fingerprint density at radius 3 is 2.62 bits per heavy atom. The lowest BCUT2D eigenvalue weighted by Gasteiger charge is -2.23. The second-order valence-electron chi connectivity index (χ2n) is 5.25. The largest absolute Gasteiger partial charge is 0.385 e. The number of nitrogens with zero attached hydrogens (tertiary/aromatic N) is 1. The number of amides is 1. The van der Waals surface area contributed by atoms with Gasteiger partial charge in [0.1, 0.15) is 0 Å². The Balaban J connectivity index is 1.78. The van der Waals surface area contributed by atoms with E-state index in [4.69, 9.17) is 0 Å². The van der Waals surface area contributed by atoms with Crippen LogP contribution in [0.1, 0.15) is 12.8 Å². The van der Waals surface area contributed by atoms with E-state index in [1.54, 1.807) is 11.9 Å². The Hall–Kier alpha value is -1.08. The van der Waals surface area contributed by atoms with Gasteiger partial charge >= 0.3 is 0 Å². The Kier molecular flexibility index (Phi) is 5.27. The second-order valence-corrected chi connectivity index (χ2v) is 8.39. The Labute approximate surface area is 133 Å². The number of anilines is 1. The molecule has 5 nitrogen and oxygen atoms in total. The van der Waals surface area contributed by atoms with Gasteiger partial charge in [-0.15, -0.1) is 0 Å². The number of halogens is 1. The fraction of sp³-hybridized carbons (Fsp3) is 0.500. The average molecular weight is 375 g/mol. The first-order chi connectivity index (χ1) is 9.87. The fourth-order valence-corrected chi connectivity index (χ4v) is 4.38. The lowest BCUT2D eigenvalue weighted by Crippen LogP contribution is -2.38. The quantitative estimate of drug-likeness (QED) is 0.854. The molecule has 21 heavy (non-hydrogen) atoms. The number of carbonyl (C=O) groups is 1. The number of nitrogens with one attached hydrogen (secondary N) is 1. The standard InChI is InChI=1S/C14H19BrN2O3S/c1-17(13-7-9-21(19,20)10-13)14(18)6-8-16-12-4-2-11(15)3-5-12/h2-5,13,16H,6-10H2,1H3. The van der Waals surface area contributed by atoms with E-state index in [1.807, 2.05) is 24.3 Å². The molecule has 0 aromatic heterocycles. The molecule has 1 aromatic rings. The molecule has 2 rings (SSSR count). The van der Waals surface area contributed by atoms with Crippen LogP contribution in [0.2, 0.25) is 0 Å². The lowest BCUT2D eigenvalue weighted by atomic mass is 10.2. The summed E-state index contributed by atoms with van der Waals surface area (Å²) in [6.45, 7) is 0.532. The summed E-state index contributed by atoms with van der Waals surface area (Å²) < 4.78 is 23.9. The fourth-order valence-electron chi connectivity index (χ4n) is 2.34. The molecule has 0 spiro atoms. The molecule has 1 fully saturated rings. The summed E-state index contributed by atoms with van der Waals surface area (Å²) >= 11 is 3.37. The number of carbonyl (C=O) groups excluding carboxylic acids is 1. The van der Waals surface area contributed by atoms with Crippen molar-refractivity contribution < 1.29 is 13.2 Å². The Morgan fingerprint density at radius 1 is 1.38 bits per heavy atom. The van der Waals surface area contributed by atoms with Gasteiger partial charge in [0, 0.05) is 36.2 Å². The summed E-state index contributed by atoms with van der Waals surface area (Å²) in [5.74, 6) is 0.253. The number of benzene rings is 1. The summed E-state index contributed by atoms with van der Waals surface area (Å²) in [5.41, 5.74) is 0.956. The molecule has 0 bridgehead atoms. The minimum absolute atomic E-state index is 0.0262. The Bertz CT molecular complexity index is 601. The number of rotatable bonds is 5. The molecule has 0 aliphatic carbocycles. The molecule has 0 radical (unpaired) electrons. The van der Waals surface area contributed by atoms with E-state index in [2.05, 4.69) is 21.2 Å². The highest BCUT2D eigenvalue weighted by Crippen LogP contribution is 2.17. The van der Waals surface area contributed by atoms with Gasteiger partial charge in [-0.3, -0.25) is 4.79 Å². The maximum atomic E-state index is 12.1. The first-order valence-electron chi connectivity index (χ1n) is 6.83. The normalized spacial score (nSPS) is 20.2. The van der Waals surface area contributed by atoms with Crippen molar-refractivity contribution in [2.24, 2.45) is 0 Å². The molecule has 1 saturated heterocycles. The first-order valence-corrected chi connectivity index (χ1v) is 9.44.